The number of rotatable bonds is 6. The number of ether oxygens (including phenoxy) is 2. The van der Waals surface area contributed by atoms with Gasteiger partial charge in [0, 0.05) is 16.8 Å². The summed E-state index contributed by atoms with van der Waals surface area (Å²) in [4.78, 5) is 28.0. The van der Waals surface area contributed by atoms with Gasteiger partial charge in [0.15, 0.2) is 11.5 Å². The quantitative estimate of drug-likeness (QED) is 0.318. The van der Waals surface area contributed by atoms with Gasteiger partial charge in [-0.3, -0.25) is 14.5 Å². The van der Waals surface area contributed by atoms with E-state index < -0.39 is 17.7 Å². The third-order valence-corrected chi connectivity index (χ3v) is 6.08. The number of Topliss-reactive ketones (excluding diaryl/α,β-unsaturated/α-hetero) is 1. The number of nitrogens with zero attached hydrogens (tertiary/aromatic N) is 2. The van der Waals surface area contributed by atoms with Crippen LogP contribution in [0.15, 0.2) is 72.3 Å². The fraction of sp³-hybridized carbons (Fsp3) is 0.179. The molecule has 4 rings (SSSR count). The zero-order valence-electron chi connectivity index (χ0n) is 19.6. The maximum absolute atomic E-state index is 13.4. The molecule has 35 heavy (non-hydrogen) atoms. The molecule has 1 saturated heterocycles. The van der Waals surface area contributed by atoms with Gasteiger partial charge in [-0.05, 0) is 42.3 Å². The van der Waals surface area contributed by atoms with Crippen LogP contribution in [0.3, 0.4) is 0 Å². The first-order valence-electron chi connectivity index (χ1n) is 11.1. The van der Waals surface area contributed by atoms with Crippen LogP contribution in [0, 0.1) is 11.3 Å². The molecule has 3 aromatic carbocycles. The van der Waals surface area contributed by atoms with Crippen LogP contribution in [-0.4, -0.2) is 31.0 Å². The SMILES string of the molecule is CCc1ccc(/C(O)=C2/C(=O)C(=O)N(c3ccc(C#N)cc3)C2c2cccc(OC)c2OC)cc1. The van der Waals surface area contributed by atoms with Crippen molar-refractivity contribution in [3.63, 3.8) is 0 Å². The van der Waals surface area contributed by atoms with Crippen LogP contribution in [0.4, 0.5) is 5.69 Å². The number of anilines is 1. The third-order valence-electron chi connectivity index (χ3n) is 6.08. The predicted molar refractivity (Wildman–Crippen MR) is 131 cm³/mol. The van der Waals surface area contributed by atoms with E-state index in [1.54, 1.807) is 54.6 Å². The summed E-state index contributed by atoms with van der Waals surface area (Å²) in [6.07, 6.45) is 0.825. The van der Waals surface area contributed by atoms with Crippen LogP contribution in [0.5, 0.6) is 11.5 Å². The summed E-state index contributed by atoms with van der Waals surface area (Å²) >= 11 is 0. The zero-order chi connectivity index (χ0) is 25.1. The van der Waals surface area contributed by atoms with Gasteiger partial charge in [-0.2, -0.15) is 5.26 Å². The lowest BCUT2D eigenvalue weighted by atomic mass is 9.93. The number of ketones is 1. The van der Waals surface area contributed by atoms with Crippen molar-refractivity contribution in [3.05, 3.63) is 94.6 Å². The summed E-state index contributed by atoms with van der Waals surface area (Å²) in [7, 11) is 2.97. The summed E-state index contributed by atoms with van der Waals surface area (Å²) in [6.45, 7) is 2.02. The number of methoxy groups -OCH3 is 2. The van der Waals surface area contributed by atoms with Crippen LogP contribution in [0.2, 0.25) is 0 Å². The lowest BCUT2D eigenvalue weighted by Crippen LogP contribution is -2.29. The maximum Gasteiger partial charge on any atom is 0.300 e. The zero-order valence-corrected chi connectivity index (χ0v) is 19.6. The Balaban J connectivity index is 1.98. The maximum atomic E-state index is 13.4. The second kappa shape index (κ2) is 9.74. The Bertz CT molecular complexity index is 1350. The Hall–Kier alpha value is -4.57. The van der Waals surface area contributed by atoms with Crippen molar-refractivity contribution in [3.8, 4) is 17.6 Å². The molecule has 1 heterocycles. The Morgan fingerprint density at radius 2 is 1.69 bits per heavy atom. The first kappa shape index (κ1) is 23.6. The molecule has 1 fully saturated rings. The van der Waals surface area contributed by atoms with E-state index in [0.717, 1.165) is 12.0 Å². The average molecular weight is 469 g/mol. The molecule has 1 amide bonds. The molecule has 176 valence electrons. The van der Waals surface area contributed by atoms with Crippen LogP contribution >= 0.6 is 0 Å². The standard InChI is InChI=1S/C28H24N2O5/c1-4-17-8-12-19(13-9-17)25(31)23-24(21-6-5-7-22(34-2)27(21)35-3)30(28(33)26(23)32)20-14-10-18(16-29)11-15-20/h5-15,24,31H,4H2,1-3H3/b25-23-. The highest BCUT2D eigenvalue weighted by molar-refractivity contribution is 6.51. The van der Waals surface area contributed by atoms with E-state index in [-0.39, 0.29) is 11.3 Å². The molecule has 1 atom stereocenters. The lowest BCUT2D eigenvalue weighted by molar-refractivity contribution is -0.132. The number of para-hydroxylation sites is 1. The summed E-state index contributed by atoms with van der Waals surface area (Å²) < 4.78 is 11.1. The number of carbonyl (C=O) groups is 2. The molecule has 7 nitrogen and oxygen atoms in total. The lowest BCUT2D eigenvalue weighted by Gasteiger charge is -2.27. The molecular weight excluding hydrogens is 444 g/mol. The van der Waals surface area contributed by atoms with E-state index in [1.807, 2.05) is 25.1 Å². The Kier molecular flexibility index (Phi) is 6.56. The number of aliphatic hydroxyl groups excluding tert-OH is 1. The molecule has 1 aliphatic heterocycles. The van der Waals surface area contributed by atoms with Gasteiger partial charge in [0.2, 0.25) is 0 Å². The molecule has 3 aromatic rings. The molecule has 1 N–H and O–H groups in total. The molecule has 0 saturated carbocycles. The van der Waals surface area contributed by atoms with Gasteiger partial charge in [0.05, 0.1) is 37.5 Å². The summed E-state index contributed by atoms with van der Waals surface area (Å²) in [5.41, 5.74) is 2.73. The van der Waals surface area contributed by atoms with Gasteiger partial charge >= 0.3 is 0 Å². The van der Waals surface area contributed by atoms with E-state index >= 15 is 0 Å². The van der Waals surface area contributed by atoms with Gasteiger partial charge in [-0.1, -0.05) is 43.3 Å². The number of nitriles is 1. The minimum atomic E-state index is -0.987. The Labute approximate surface area is 203 Å². The van der Waals surface area contributed by atoms with Gasteiger partial charge in [-0.15, -0.1) is 0 Å². The number of amides is 1. The topological polar surface area (TPSA) is 99.9 Å². The number of carbonyl (C=O) groups excluding carboxylic acids is 2. The summed E-state index contributed by atoms with van der Waals surface area (Å²) in [5.74, 6) is -1.13. The van der Waals surface area contributed by atoms with Crippen molar-refractivity contribution < 1.29 is 24.2 Å². The number of hydrogen-bond donors (Lipinski definition) is 1. The van der Waals surface area contributed by atoms with E-state index in [9.17, 15) is 14.7 Å². The van der Waals surface area contributed by atoms with E-state index in [2.05, 4.69) is 0 Å². The minimum Gasteiger partial charge on any atom is -0.507 e. The monoisotopic (exact) mass is 468 g/mol. The highest BCUT2D eigenvalue weighted by atomic mass is 16.5. The summed E-state index contributed by atoms with van der Waals surface area (Å²) in [5, 5.41) is 20.5. The van der Waals surface area contributed by atoms with E-state index in [0.29, 0.717) is 33.9 Å². The van der Waals surface area contributed by atoms with Crippen molar-refractivity contribution in [1.29, 1.82) is 5.26 Å². The Morgan fingerprint density at radius 3 is 2.26 bits per heavy atom. The molecule has 0 aliphatic carbocycles. The average Bonchev–Trinajstić information content (AvgIpc) is 3.17. The van der Waals surface area contributed by atoms with Crippen molar-refractivity contribution in [2.24, 2.45) is 0 Å². The second-order valence-electron chi connectivity index (χ2n) is 7.96. The first-order valence-corrected chi connectivity index (χ1v) is 11.1. The van der Waals surface area contributed by atoms with Crippen molar-refractivity contribution >= 4 is 23.1 Å². The smallest absolute Gasteiger partial charge is 0.300 e. The number of hydrogen-bond acceptors (Lipinski definition) is 6. The van der Waals surface area contributed by atoms with E-state index in [1.165, 1.54) is 19.1 Å². The van der Waals surface area contributed by atoms with Crippen molar-refractivity contribution in [2.75, 3.05) is 19.1 Å². The summed E-state index contributed by atoms with van der Waals surface area (Å²) in [6, 6.07) is 19.7. The fourth-order valence-corrected chi connectivity index (χ4v) is 4.27. The van der Waals surface area contributed by atoms with Crippen LogP contribution < -0.4 is 14.4 Å². The van der Waals surface area contributed by atoms with E-state index in [4.69, 9.17) is 14.7 Å². The second-order valence-corrected chi connectivity index (χ2v) is 7.96. The molecule has 7 heteroatoms. The number of aliphatic hydroxyl groups is 1. The van der Waals surface area contributed by atoms with Crippen LogP contribution in [0.25, 0.3) is 5.76 Å². The minimum absolute atomic E-state index is 0.0600. The van der Waals surface area contributed by atoms with Gasteiger partial charge in [-0.25, -0.2) is 0 Å². The van der Waals surface area contributed by atoms with Crippen molar-refractivity contribution in [1.82, 2.24) is 0 Å². The van der Waals surface area contributed by atoms with Crippen molar-refractivity contribution in [2.45, 2.75) is 19.4 Å². The number of aryl methyl sites for hydroxylation is 1. The number of benzene rings is 3. The highest BCUT2D eigenvalue weighted by Gasteiger charge is 2.48. The largest absolute Gasteiger partial charge is 0.507 e. The molecule has 0 radical (unpaired) electrons. The Morgan fingerprint density at radius 1 is 1.00 bits per heavy atom. The molecule has 0 spiro atoms. The molecule has 1 aliphatic rings. The van der Waals surface area contributed by atoms with Gasteiger partial charge in [0.25, 0.3) is 11.7 Å². The van der Waals surface area contributed by atoms with Gasteiger partial charge < -0.3 is 14.6 Å². The van der Waals surface area contributed by atoms with Crippen LogP contribution in [-0.2, 0) is 16.0 Å². The van der Waals surface area contributed by atoms with Gasteiger partial charge in [0.1, 0.15) is 5.76 Å². The third kappa shape index (κ3) is 4.11. The highest BCUT2D eigenvalue weighted by Crippen LogP contribution is 2.47. The normalized spacial score (nSPS) is 16.7. The molecule has 0 bridgehead atoms. The first-order chi connectivity index (χ1) is 16.9. The molecular formula is C28H24N2O5. The predicted octanol–water partition coefficient (Wildman–Crippen LogP) is 4.76. The molecule has 1 unspecified atom stereocenters. The molecule has 0 aromatic heterocycles. The van der Waals surface area contributed by atoms with Crippen LogP contribution in [0.1, 0.15) is 35.2 Å². The fourth-order valence-electron chi connectivity index (χ4n) is 4.27.